The molecule has 0 bridgehead atoms. The van der Waals surface area contributed by atoms with Crippen molar-refractivity contribution < 1.29 is 23.9 Å². The van der Waals surface area contributed by atoms with Gasteiger partial charge in [0.15, 0.2) is 5.13 Å². The molecule has 0 atom stereocenters. The summed E-state index contributed by atoms with van der Waals surface area (Å²) < 4.78 is 4.68. The number of rotatable bonds is 6. The summed E-state index contributed by atoms with van der Waals surface area (Å²) >= 11 is 7.49. The van der Waals surface area contributed by atoms with E-state index < -0.39 is 17.8 Å². The lowest BCUT2D eigenvalue weighted by Crippen LogP contribution is -2.32. The zero-order valence-corrected chi connectivity index (χ0v) is 19.5. The number of hydrogen-bond donors (Lipinski definition) is 2. The molecule has 172 valence electrons. The number of esters is 1. The van der Waals surface area contributed by atoms with Crippen molar-refractivity contribution in [2.24, 2.45) is 0 Å². The maximum Gasteiger partial charge on any atom is 0.337 e. The fraction of sp³-hybridized carbons (Fsp3) is 0.0870. The predicted molar refractivity (Wildman–Crippen MR) is 128 cm³/mol. The van der Waals surface area contributed by atoms with Gasteiger partial charge in [-0.05, 0) is 49.4 Å². The number of aryl methyl sites for hydroxylation is 1. The number of benzene rings is 2. The molecule has 2 N–H and O–H groups in total. The van der Waals surface area contributed by atoms with Crippen LogP contribution < -0.4 is 15.5 Å². The van der Waals surface area contributed by atoms with E-state index in [-0.39, 0.29) is 27.9 Å². The number of thiazole rings is 1. The van der Waals surface area contributed by atoms with Crippen LogP contribution in [0.3, 0.4) is 0 Å². The highest BCUT2D eigenvalue weighted by Gasteiger charge is 2.39. The SMILES string of the molecule is COC(=O)c1cccc(N2C(=O)C(Cl)=C(Nc3ccc(C(=O)Nc4nc(C)cs4)cc3)C2=O)c1. The van der Waals surface area contributed by atoms with E-state index in [1.807, 2.05) is 12.3 Å². The minimum Gasteiger partial charge on any atom is -0.465 e. The quantitative estimate of drug-likeness (QED) is 0.392. The van der Waals surface area contributed by atoms with Crippen molar-refractivity contribution in [2.45, 2.75) is 6.92 Å². The number of amides is 3. The Morgan fingerprint density at radius 3 is 2.44 bits per heavy atom. The van der Waals surface area contributed by atoms with E-state index in [0.717, 1.165) is 10.6 Å². The molecule has 0 spiro atoms. The molecule has 1 aromatic heterocycles. The van der Waals surface area contributed by atoms with Gasteiger partial charge in [0.2, 0.25) is 0 Å². The Bertz CT molecular complexity index is 1350. The first-order valence-corrected chi connectivity index (χ1v) is 11.1. The van der Waals surface area contributed by atoms with Crippen molar-refractivity contribution >= 4 is 63.1 Å². The van der Waals surface area contributed by atoms with Crippen LogP contribution in [0.15, 0.2) is 64.6 Å². The third-order valence-corrected chi connectivity index (χ3v) is 6.03. The number of nitrogens with zero attached hydrogens (tertiary/aromatic N) is 2. The van der Waals surface area contributed by atoms with E-state index in [0.29, 0.717) is 16.4 Å². The van der Waals surface area contributed by atoms with Gasteiger partial charge in [0, 0.05) is 16.6 Å². The molecule has 3 aromatic rings. The first-order chi connectivity index (χ1) is 16.3. The molecule has 2 heterocycles. The summed E-state index contributed by atoms with van der Waals surface area (Å²) in [5.41, 5.74) is 1.88. The molecule has 0 unspecified atom stereocenters. The van der Waals surface area contributed by atoms with E-state index >= 15 is 0 Å². The van der Waals surface area contributed by atoms with Gasteiger partial charge < -0.3 is 10.1 Å². The van der Waals surface area contributed by atoms with Crippen LogP contribution in [-0.2, 0) is 14.3 Å². The number of ether oxygens (including phenoxy) is 1. The molecule has 1 aliphatic heterocycles. The van der Waals surface area contributed by atoms with Crippen LogP contribution in [0.5, 0.6) is 0 Å². The number of methoxy groups -OCH3 is 1. The molecule has 9 nitrogen and oxygen atoms in total. The molecule has 1 aliphatic rings. The van der Waals surface area contributed by atoms with E-state index in [4.69, 9.17) is 11.6 Å². The number of nitrogens with one attached hydrogen (secondary N) is 2. The highest BCUT2D eigenvalue weighted by Crippen LogP contribution is 2.30. The number of imide groups is 1. The van der Waals surface area contributed by atoms with Crippen LogP contribution in [0.4, 0.5) is 16.5 Å². The van der Waals surface area contributed by atoms with Gasteiger partial charge in [-0.1, -0.05) is 17.7 Å². The summed E-state index contributed by atoms with van der Waals surface area (Å²) in [5, 5.41) is 7.58. The molecule has 34 heavy (non-hydrogen) atoms. The fourth-order valence-corrected chi connectivity index (χ4v) is 4.06. The van der Waals surface area contributed by atoms with Gasteiger partial charge in [-0.2, -0.15) is 0 Å². The van der Waals surface area contributed by atoms with Crippen molar-refractivity contribution in [3.8, 4) is 0 Å². The molecule has 0 fully saturated rings. The fourth-order valence-electron chi connectivity index (χ4n) is 3.17. The van der Waals surface area contributed by atoms with Crippen molar-refractivity contribution in [3.05, 3.63) is 81.5 Å². The summed E-state index contributed by atoms with van der Waals surface area (Å²) in [6.45, 7) is 1.83. The van der Waals surface area contributed by atoms with E-state index in [1.165, 1.54) is 42.7 Å². The predicted octanol–water partition coefficient (Wildman–Crippen LogP) is 3.93. The number of carbonyl (C=O) groups is 4. The lowest BCUT2D eigenvalue weighted by molar-refractivity contribution is -0.120. The van der Waals surface area contributed by atoms with Crippen LogP contribution in [-0.4, -0.2) is 35.8 Å². The monoisotopic (exact) mass is 496 g/mol. The average molecular weight is 497 g/mol. The van der Waals surface area contributed by atoms with Gasteiger partial charge in [-0.25, -0.2) is 14.7 Å². The zero-order valence-electron chi connectivity index (χ0n) is 17.9. The largest absolute Gasteiger partial charge is 0.465 e. The van der Waals surface area contributed by atoms with Gasteiger partial charge in [-0.3, -0.25) is 19.7 Å². The average Bonchev–Trinajstić information content (AvgIpc) is 3.34. The highest BCUT2D eigenvalue weighted by atomic mass is 35.5. The second kappa shape index (κ2) is 9.46. The van der Waals surface area contributed by atoms with E-state index in [1.54, 1.807) is 24.3 Å². The number of aromatic nitrogens is 1. The van der Waals surface area contributed by atoms with E-state index in [2.05, 4.69) is 20.4 Å². The maximum absolute atomic E-state index is 13.0. The Labute approximate surface area is 203 Å². The van der Waals surface area contributed by atoms with Crippen LogP contribution in [0.1, 0.15) is 26.4 Å². The van der Waals surface area contributed by atoms with E-state index in [9.17, 15) is 19.2 Å². The summed E-state index contributed by atoms with van der Waals surface area (Å²) in [5.74, 6) is -2.35. The molecule has 11 heteroatoms. The van der Waals surface area contributed by atoms with Crippen LogP contribution in [0.25, 0.3) is 0 Å². The zero-order chi connectivity index (χ0) is 24.4. The molecule has 0 radical (unpaired) electrons. The second-order valence-electron chi connectivity index (χ2n) is 7.13. The van der Waals surface area contributed by atoms with Crippen LogP contribution in [0.2, 0.25) is 0 Å². The molecular formula is C23H17ClN4O5S. The highest BCUT2D eigenvalue weighted by molar-refractivity contribution is 7.13. The van der Waals surface area contributed by atoms with Crippen molar-refractivity contribution in [1.29, 1.82) is 0 Å². The Morgan fingerprint density at radius 1 is 1.06 bits per heavy atom. The Balaban J connectivity index is 1.49. The lowest BCUT2D eigenvalue weighted by Gasteiger charge is -2.16. The minimum absolute atomic E-state index is 0.120. The van der Waals surface area contributed by atoms with Gasteiger partial charge in [0.1, 0.15) is 10.7 Å². The Kier molecular flexibility index (Phi) is 6.44. The van der Waals surface area contributed by atoms with Gasteiger partial charge >= 0.3 is 5.97 Å². The summed E-state index contributed by atoms with van der Waals surface area (Å²) in [6.07, 6.45) is 0. The minimum atomic E-state index is -0.731. The van der Waals surface area contributed by atoms with Crippen molar-refractivity contribution in [1.82, 2.24) is 4.98 Å². The molecule has 0 saturated carbocycles. The van der Waals surface area contributed by atoms with Gasteiger partial charge in [0.05, 0.1) is 24.1 Å². The first-order valence-electron chi connectivity index (χ1n) is 9.86. The summed E-state index contributed by atoms with van der Waals surface area (Å²) in [4.78, 5) is 54.9. The van der Waals surface area contributed by atoms with Crippen LogP contribution in [0, 0.1) is 6.92 Å². The van der Waals surface area contributed by atoms with Gasteiger partial charge in [-0.15, -0.1) is 11.3 Å². The standard InChI is InChI=1S/C23H17ClN4O5S/c1-12-11-34-23(25-12)27-19(29)13-6-8-15(9-7-13)26-18-17(24)20(30)28(21(18)31)16-5-3-4-14(10-16)22(32)33-2/h3-11,26H,1-2H3,(H,25,27,29). The summed E-state index contributed by atoms with van der Waals surface area (Å²) in [6, 6.07) is 12.2. The molecular weight excluding hydrogens is 480 g/mol. The lowest BCUT2D eigenvalue weighted by atomic mass is 10.2. The third kappa shape index (κ3) is 4.54. The number of anilines is 3. The first kappa shape index (κ1) is 23.1. The van der Waals surface area contributed by atoms with Gasteiger partial charge in [0.25, 0.3) is 17.7 Å². The second-order valence-corrected chi connectivity index (χ2v) is 8.36. The van der Waals surface area contributed by atoms with Crippen molar-refractivity contribution in [2.75, 3.05) is 22.6 Å². The molecule has 2 aromatic carbocycles. The number of carbonyl (C=O) groups excluding carboxylic acids is 4. The molecule has 3 amide bonds. The Hall–Kier alpha value is -4.02. The number of halogens is 1. The summed E-state index contributed by atoms with van der Waals surface area (Å²) in [7, 11) is 1.23. The molecule has 4 rings (SSSR count). The van der Waals surface area contributed by atoms with Crippen molar-refractivity contribution in [3.63, 3.8) is 0 Å². The van der Waals surface area contributed by atoms with Crippen LogP contribution >= 0.6 is 22.9 Å². The third-order valence-electron chi connectivity index (χ3n) is 4.81. The molecule has 0 saturated heterocycles. The maximum atomic E-state index is 13.0. The smallest absolute Gasteiger partial charge is 0.337 e. The number of hydrogen-bond acceptors (Lipinski definition) is 8. The Morgan fingerprint density at radius 2 is 1.79 bits per heavy atom. The normalized spacial score (nSPS) is 13.3. The molecule has 0 aliphatic carbocycles. The topological polar surface area (TPSA) is 118 Å².